The molecule has 0 amide bonds. The van der Waals surface area contributed by atoms with Crippen molar-refractivity contribution in [2.24, 2.45) is 0 Å². The van der Waals surface area contributed by atoms with Gasteiger partial charge in [-0.05, 0) is 19.8 Å². The van der Waals surface area contributed by atoms with E-state index in [0.717, 1.165) is 43.2 Å². The van der Waals surface area contributed by atoms with Gasteiger partial charge in [0.2, 0.25) is 0 Å². The quantitative estimate of drug-likeness (QED) is 0.529. The molecule has 0 aliphatic carbocycles. The normalized spacial score (nSPS) is 11.1. The average Bonchev–Trinajstić information content (AvgIpc) is 2.45. The first kappa shape index (κ1) is 18.1. The zero-order chi connectivity index (χ0) is 15.7. The number of methoxy groups -OCH3 is 1. The van der Waals surface area contributed by atoms with Crippen LogP contribution >= 0.6 is 11.6 Å². The maximum absolute atomic E-state index is 6.15. The number of anilines is 1. The summed E-state index contributed by atoms with van der Waals surface area (Å²) in [5.41, 5.74) is 0.900. The van der Waals surface area contributed by atoms with E-state index in [9.17, 15) is 0 Å². The van der Waals surface area contributed by atoms with Crippen molar-refractivity contribution in [3.8, 4) is 0 Å². The molecule has 0 fully saturated rings. The number of nitrogens with zero attached hydrogens (tertiary/aromatic N) is 2. The van der Waals surface area contributed by atoms with Crippen molar-refractivity contribution in [3.63, 3.8) is 0 Å². The molecule has 0 aromatic carbocycles. The highest BCUT2D eigenvalue weighted by Crippen LogP contribution is 2.22. The topological polar surface area (TPSA) is 56.3 Å². The number of nitrogens with one attached hydrogen (secondary N) is 1. The summed E-state index contributed by atoms with van der Waals surface area (Å²) in [6.07, 6.45) is 2.02. The first-order valence-corrected chi connectivity index (χ1v) is 7.78. The van der Waals surface area contributed by atoms with Gasteiger partial charge in [0.25, 0.3) is 0 Å². The predicted molar refractivity (Wildman–Crippen MR) is 86.3 cm³/mol. The molecule has 0 atom stereocenters. The molecular weight excluding hydrogens is 290 g/mol. The molecule has 1 heterocycles. The Morgan fingerprint density at radius 2 is 1.90 bits per heavy atom. The molecule has 0 saturated carbocycles. The molecule has 0 aliphatic rings. The number of ether oxygens (including phenoxy) is 2. The first-order valence-electron chi connectivity index (χ1n) is 7.40. The van der Waals surface area contributed by atoms with Crippen LogP contribution in [0.25, 0.3) is 0 Å². The fourth-order valence-corrected chi connectivity index (χ4v) is 1.89. The third-order valence-corrected chi connectivity index (χ3v) is 3.43. The summed E-state index contributed by atoms with van der Waals surface area (Å²) in [5.74, 6) is 1.87. The molecule has 1 rings (SSSR count). The van der Waals surface area contributed by atoms with Gasteiger partial charge in [0, 0.05) is 31.7 Å². The van der Waals surface area contributed by atoms with E-state index in [1.807, 2.05) is 6.92 Å². The molecule has 0 bridgehead atoms. The lowest BCUT2D eigenvalue weighted by atomic mass is 10.2. The second kappa shape index (κ2) is 9.92. The molecule has 0 saturated heterocycles. The maximum atomic E-state index is 6.15. The minimum absolute atomic E-state index is 0.262. The Morgan fingerprint density at radius 1 is 1.14 bits per heavy atom. The molecule has 0 unspecified atom stereocenters. The fourth-order valence-electron chi connectivity index (χ4n) is 1.72. The van der Waals surface area contributed by atoms with Gasteiger partial charge in [-0.3, -0.25) is 0 Å². The number of aromatic nitrogens is 2. The van der Waals surface area contributed by atoms with Crippen LogP contribution in [0.1, 0.15) is 44.0 Å². The SMILES string of the molecule is COCCOCCCCNc1nc(C(C)C)nc(Cl)c1C. The van der Waals surface area contributed by atoms with Gasteiger partial charge in [-0.15, -0.1) is 0 Å². The second-order valence-corrected chi connectivity index (χ2v) is 5.60. The standard InChI is InChI=1S/C15H26ClN3O2/c1-11(2)14-18-13(16)12(3)15(19-14)17-7-5-6-8-21-10-9-20-4/h11H,5-10H2,1-4H3,(H,17,18,19). The van der Waals surface area contributed by atoms with Crippen molar-refractivity contribution in [3.05, 3.63) is 16.5 Å². The van der Waals surface area contributed by atoms with E-state index in [4.69, 9.17) is 21.1 Å². The number of unbranched alkanes of at least 4 members (excludes halogenated alkanes) is 1. The van der Waals surface area contributed by atoms with E-state index < -0.39 is 0 Å². The smallest absolute Gasteiger partial charge is 0.137 e. The van der Waals surface area contributed by atoms with Gasteiger partial charge in [0.05, 0.1) is 13.2 Å². The predicted octanol–water partition coefficient (Wildman–Crippen LogP) is 3.42. The highest BCUT2D eigenvalue weighted by Gasteiger charge is 2.11. The molecule has 0 radical (unpaired) electrons. The maximum Gasteiger partial charge on any atom is 0.137 e. The minimum Gasteiger partial charge on any atom is -0.382 e. The number of hydrogen-bond donors (Lipinski definition) is 1. The molecule has 6 heteroatoms. The number of hydrogen-bond acceptors (Lipinski definition) is 5. The fraction of sp³-hybridized carbons (Fsp3) is 0.733. The molecule has 21 heavy (non-hydrogen) atoms. The van der Waals surface area contributed by atoms with E-state index in [2.05, 4.69) is 29.1 Å². The molecular formula is C15H26ClN3O2. The lowest BCUT2D eigenvalue weighted by Crippen LogP contribution is -2.10. The molecule has 0 aliphatic heterocycles. The minimum atomic E-state index is 0.262. The van der Waals surface area contributed by atoms with Crippen molar-refractivity contribution >= 4 is 17.4 Å². The third-order valence-electron chi connectivity index (χ3n) is 3.06. The van der Waals surface area contributed by atoms with E-state index in [1.54, 1.807) is 7.11 Å². The average molecular weight is 316 g/mol. The van der Waals surface area contributed by atoms with Crippen LogP contribution in [0.4, 0.5) is 5.82 Å². The summed E-state index contributed by atoms with van der Waals surface area (Å²) in [6, 6.07) is 0. The molecule has 120 valence electrons. The van der Waals surface area contributed by atoms with Crippen LogP contribution in [0.5, 0.6) is 0 Å². The molecule has 0 spiro atoms. The van der Waals surface area contributed by atoms with Crippen LogP contribution in [0.15, 0.2) is 0 Å². The highest BCUT2D eigenvalue weighted by atomic mass is 35.5. The van der Waals surface area contributed by atoms with Crippen LogP contribution in [-0.2, 0) is 9.47 Å². The van der Waals surface area contributed by atoms with Crippen LogP contribution in [0, 0.1) is 6.92 Å². The Labute approximate surface area is 132 Å². The Balaban J connectivity index is 2.34. The van der Waals surface area contributed by atoms with Gasteiger partial charge in [-0.2, -0.15) is 0 Å². The second-order valence-electron chi connectivity index (χ2n) is 5.24. The lowest BCUT2D eigenvalue weighted by Gasteiger charge is -2.13. The van der Waals surface area contributed by atoms with Gasteiger partial charge < -0.3 is 14.8 Å². The van der Waals surface area contributed by atoms with Gasteiger partial charge in [0.15, 0.2) is 0 Å². The van der Waals surface area contributed by atoms with Crippen molar-refractivity contribution in [2.75, 3.05) is 38.8 Å². The van der Waals surface area contributed by atoms with Gasteiger partial charge in [0.1, 0.15) is 16.8 Å². The molecule has 1 aromatic heterocycles. The van der Waals surface area contributed by atoms with Crippen LogP contribution in [-0.4, -0.2) is 43.4 Å². The summed E-state index contributed by atoms with van der Waals surface area (Å²) < 4.78 is 10.3. The monoisotopic (exact) mass is 315 g/mol. The Bertz CT molecular complexity index is 428. The summed E-state index contributed by atoms with van der Waals surface area (Å²) in [4.78, 5) is 8.84. The lowest BCUT2D eigenvalue weighted by molar-refractivity contribution is 0.0691. The zero-order valence-corrected chi connectivity index (χ0v) is 14.2. The number of halogens is 1. The van der Waals surface area contributed by atoms with Gasteiger partial charge >= 0.3 is 0 Å². The Hall–Kier alpha value is -0.910. The molecule has 1 aromatic rings. The van der Waals surface area contributed by atoms with E-state index in [0.29, 0.717) is 18.4 Å². The summed E-state index contributed by atoms with van der Waals surface area (Å²) >= 11 is 6.15. The summed E-state index contributed by atoms with van der Waals surface area (Å²) in [5, 5.41) is 3.86. The zero-order valence-electron chi connectivity index (χ0n) is 13.4. The Morgan fingerprint density at radius 3 is 2.57 bits per heavy atom. The van der Waals surface area contributed by atoms with E-state index >= 15 is 0 Å². The first-order chi connectivity index (χ1) is 10.1. The highest BCUT2D eigenvalue weighted by molar-refractivity contribution is 6.30. The van der Waals surface area contributed by atoms with E-state index in [1.165, 1.54) is 0 Å². The van der Waals surface area contributed by atoms with Gasteiger partial charge in [-0.25, -0.2) is 9.97 Å². The van der Waals surface area contributed by atoms with Gasteiger partial charge in [-0.1, -0.05) is 25.4 Å². The van der Waals surface area contributed by atoms with Crippen LogP contribution in [0.2, 0.25) is 5.15 Å². The third kappa shape index (κ3) is 6.59. The van der Waals surface area contributed by atoms with Crippen molar-refractivity contribution in [2.45, 2.75) is 39.5 Å². The summed E-state index contributed by atoms with van der Waals surface area (Å²) in [7, 11) is 1.67. The number of rotatable bonds is 10. The van der Waals surface area contributed by atoms with Crippen molar-refractivity contribution in [1.82, 2.24) is 9.97 Å². The van der Waals surface area contributed by atoms with Crippen molar-refractivity contribution in [1.29, 1.82) is 0 Å². The molecule has 5 nitrogen and oxygen atoms in total. The van der Waals surface area contributed by atoms with E-state index in [-0.39, 0.29) is 5.92 Å². The molecule has 1 N–H and O–H groups in total. The van der Waals surface area contributed by atoms with Crippen LogP contribution in [0.3, 0.4) is 0 Å². The van der Waals surface area contributed by atoms with Crippen LogP contribution < -0.4 is 5.32 Å². The largest absolute Gasteiger partial charge is 0.382 e. The summed E-state index contributed by atoms with van der Waals surface area (Å²) in [6.45, 7) is 8.95. The Kier molecular flexibility index (Phi) is 8.57. The van der Waals surface area contributed by atoms with Crippen molar-refractivity contribution < 1.29 is 9.47 Å².